The van der Waals surface area contributed by atoms with E-state index in [1.165, 1.54) is 0 Å². The number of halogens is 1. The van der Waals surface area contributed by atoms with E-state index >= 15 is 0 Å². The summed E-state index contributed by atoms with van der Waals surface area (Å²) in [7, 11) is 1.69. The number of alkyl halides is 1. The van der Waals surface area contributed by atoms with Gasteiger partial charge in [-0.1, -0.05) is 0 Å². The maximum atomic E-state index is 5.77. The Hall–Kier alpha value is -0.520. The lowest BCUT2D eigenvalue weighted by atomic mass is 10.4. The molecule has 0 aliphatic carbocycles. The molecule has 1 heterocycles. The molecule has 0 radical (unpaired) electrons. The first-order chi connectivity index (χ1) is 7.81. The first kappa shape index (κ1) is 13.5. The molecular formula is C10H16ClN3OS. The Bertz CT molecular complexity index is 314. The predicted molar refractivity (Wildman–Crippen MR) is 68.6 cm³/mol. The molecule has 0 aromatic carbocycles. The van der Waals surface area contributed by atoms with Crippen LogP contribution in [0.15, 0.2) is 17.4 Å². The maximum absolute atomic E-state index is 5.77. The number of hydrogen-bond donors (Lipinski definition) is 0. The fourth-order valence-corrected chi connectivity index (χ4v) is 1.84. The molecule has 0 aliphatic rings. The van der Waals surface area contributed by atoms with Crippen molar-refractivity contribution in [1.82, 2.24) is 9.97 Å². The number of aromatic nitrogens is 2. The third-order valence-corrected chi connectivity index (χ3v) is 2.89. The molecule has 90 valence electrons. The Balaban J connectivity index is 2.73. The van der Waals surface area contributed by atoms with Crippen LogP contribution in [0, 0.1) is 0 Å². The monoisotopic (exact) mass is 261 g/mol. The lowest BCUT2D eigenvalue weighted by molar-refractivity contribution is 0.205. The summed E-state index contributed by atoms with van der Waals surface area (Å²) in [6, 6.07) is 1.97. The molecule has 1 aromatic heterocycles. The molecule has 16 heavy (non-hydrogen) atoms. The van der Waals surface area contributed by atoms with Crippen molar-refractivity contribution >= 4 is 29.2 Å². The van der Waals surface area contributed by atoms with E-state index in [9.17, 15) is 0 Å². The second kappa shape index (κ2) is 7.70. The summed E-state index contributed by atoms with van der Waals surface area (Å²) in [6.45, 7) is 2.21. The van der Waals surface area contributed by atoms with Crippen LogP contribution in [0.5, 0.6) is 0 Å². The van der Waals surface area contributed by atoms with Gasteiger partial charge in [-0.15, -0.1) is 23.4 Å². The number of hydrogen-bond acceptors (Lipinski definition) is 5. The summed E-state index contributed by atoms with van der Waals surface area (Å²) in [6.07, 6.45) is 3.57. The highest BCUT2D eigenvalue weighted by molar-refractivity contribution is 7.98. The van der Waals surface area contributed by atoms with E-state index in [2.05, 4.69) is 14.9 Å². The Morgan fingerprint density at radius 1 is 1.44 bits per heavy atom. The minimum Gasteiger partial charge on any atom is -0.383 e. The minimum absolute atomic E-state index is 0.572. The summed E-state index contributed by atoms with van der Waals surface area (Å²) in [5.41, 5.74) is 0. The van der Waals surface area contributed by atoms with Crippen molar-refractivity contribution in [3.05, 3.63) is 12.4 Å². The molecule has 6 heteroatoms. The van der Waals surface area contributed by atoms with Gasteiger partial charge >= 0.3 is 0 Å². The minimum atomic E-state index is 0.572. The summed E-state index contributed by atoms with van der Waals surface area (Å²) in [5.74, 6) is 1.47. The lowest BCUT2D eigenvalue weighted by Gasteiger charge is -2.22. The molecular weight excluding hydrogens is 246 g/mol. The van der Waals surface area contributed by atoms with Crippen LogP contribution in [0.1, 0.15) is 0 Å². The topological polar surface area (TPSA) is 38.2 Å². The van der Waals surface area contributed by atoms with Crippen LogP contribution in [0.2, 0.25) is 0 Å². The fourth-order valence-electron chi connectivity index (χ4n) is 1.26. The van der Waals surface area contributed by atoms with Gasteiger partial charge in [-0.05, 0) is 6.26 Å². The Morgan fingerprint density at radius 2 is 2.25 bits per heavy atom. The zero-order chi connectivity index (χ0) is 11.8. The third kappa shape index (κ3) is 4.15. The van der Waals surface area contributed by atoms with Gasteiger partial charge in [0, 0.05) is 32.1 Å². The van der Waals surface area contributed by atoms with Gasteiger partial charge in [-0.25, -0.2) is 9.97 Å². The van der Waals surface area contributed by atoms with Crippen molar-refractivity contribution in [2.75, 3.05) is 43.8 Å². The number of rotatable bonds is 7. The van der Waals surface area contributed by atoms with Crippen molar-refractivity contribution in [3.8, 4) is 0 Å². The molecule has 0 saturated heterocycles. The molecule has 1 aromatic rings. The van der Waals surface area contributed by atoms with Crippen LogP contribution in [0.4, 0.5) is 5.82 Å². The molecule has 0 N–H and O–H groups in total. The molecule has 1 rings (SSSR count). The van der Waals surface area contributed by atoms with Crippen molar-refractivity contribution < 1.29 is 4.74 Å². The molecule has 0 saturated carbocycles. The fraction of sp³-hybridized carbons (Fsp3) is 0.600. The molecule has 0 unspecified atom stereocenters. The van der Waals surface area contributed by atoms with E-state index in [0.29, 0.717) is 12.5 Å². The third-order valence-electron chi connectivity index (χ3n) is 2.08. The van der Waals surface area contributed by atoms with Gasteiger partial charge in [0.1, 0.15) is 17.2 Å². The van der Waals surface area contributed by atoms with Crippen LogP contribution in [-0.4, -0.2) is 48.9 Å². The second-order valence-electron chi connectivity index (χ2n) is 3.09. The van der Waals surface area contributed by atoms with E-state index in [1.54, 1.807) is 25.2 Å². The van der Waals surface area contributed by atoms with E-state index < -0.39 is 0 Å². The highest BCUT2D eigenvalue weighted by Gasteiger charge is 2.07. The van der Waals surface area contributed by atoms with Crippen LogP contribution in [0.25, 0.3) is 0 Å². The van der Waals surface area contributed by atoms with Crippen molar-refractivity contribution in [1.29, 1.82) is 0 Å². The standard InChI is InChI=1S/C10H16ClN3OS/c1-15-6-5-14(4-3-11)9-7-10(16-2)13-8-12-9/h7-8H,3-6H2,1-2H3. The Morgan fingerprint density at radius 3 is 2.88 bits per heavy atom. The summed E-state index contributed by atoms with van der Waals surface area (Å²) in [4.78, 5) is 10.5. The lowest BCUT2D eigenvalue weighted by Crippen LogP contribution is -2.30. The van der Waals surface area contributed by atoms with Gasteiger partial charge in [0.2, 0.25) is 0 Å². The Labute approximate surface area is 105 Å². The highest BCUT2D eigenvalue weighted by Crippen LogP contribution is 2.17. The highest BCUT2D eigenvalue weighted by atomic mass is 35.5. The van der Waals surface area contributed by atoms with Gasteiger partial charge in [-0.2, -0.15) is 0 Å². The summed E-state index contributed by atoms with van der Waals surface area (Å²) < 4.78 is 5.06. The normalized spacial score (nSPS) is 10.4. The molecule has 4 nitrogen and oxygen atoms in total. The zero-order valence-corrected chi connectivity index (χ0v) is 11.1. The molecule has 0 amide bonds. The number of anilines is 1. The van der Waals surface area contributed by atoms with Gasteiger partial charge in [0.15, 0.2) is 0 Å². The Kier molecular flexibility index (Phi) is 6.52. The van der Waals surface area contributed by atoms with Crippen LogP contribution < -0.4 is 4.90 Å². The van der Waals surface area contributed by atoms with E-state index in [4.69, 9.17) is 16.3 Å². The largest absolute Gasteiger partial charge is 0.383 e. The maximum Gasteiger partial charge on any atom is 0.133 e. The van der Waals surface area contributed by atoms with Crippen molar-refractivity contribution in [3.63, 3.8) is 0 Å². The van der Waals surface area contributed by atoms with Gasteiger partial charge in [0.25, 0.3) is 0 Å². The SMILES string of the molecule is COCCN(CCCl)c1cc(SC)ncn1. The number of nitrogens with zero attached hydrogens (tertiary/aromatic N) is 3. The summed E-state index contributed by atoms with van der Waals surface area (Å²) >= 11 is 7.37. The average molecular weight is 262 g/mol. The van der Waals surface area contributed by atoms with Crippen LogP contribution >= 0.6 is 23.4 Å². The van der Waals surface area contributed by atoms with Gasteiger partial charge in [-0.3, -0.25) is 0 Å². The molecule has 0 aliphatic heterocycles. The second-order valence-corrected chi connectivity index (χ2v) is 4.29. The molecule has 0 bridgehead atoms. The number of methoxy groups -OCH3 is 1. The van der Waals surface area contributed by atoms with E-state index in [0.717, 1.165) is 23.9 Å². The van der Waals surface area contributed by atoms with Gasteiger partial charge < -0.3 is 9.64 Å². The van der Waals surface area contributed by atoms with Crippen LogP contribution in [0.3, 0.4) is 0 Å². The molecule has 0 spiro atoms. The number of thioether (sulfide) groups is 1. The smallest absolute Gasteiger partial charge is 0.133 e. The van der Waals surface area contributed by atoms with E-state index in [-0.39, 0.29) is 0 Å². The predicted octanol–water partition coefficient (Wildman–Crippen LogP) is 1.89. The van der Waals surface area contributed by atoms with Crippen LogP contribution in [-0.2, 0) is 4.74 Å². The van der Waals surface area contributed by atoms with E-state index in [1.807, 2.05) is 12.3 Å². The quantitative estimate of drug-likeness (QED) is 0.426. The average Bonchev–Trinajstić information content (AvgIpc) is 2.34. The van der Waals surface area contributed by atoms with Crippen molar-refractivity contribution in [2.24, 2.45) is 0 Å². The number of ether oxygens (including phenoxy) is 1. The first-order valence-corrected chi connectivity index (χ1v) is 6.73. The summed E-state index contributed by atoms with van der Waals surface area (Å²) in [5, 5.41) is 0.960. The zero-order valence-electron chi connectivity index (χ0n) is 9.52. The first-order valence-electron chi connectivity index (χ1n) is 4.97. The molecule has 0 atom stereocenters. The molecule has 0 fully saturated rings. The van der Waals surface area contributed by atoms with Crippen molar-refractivity contribution in [2.45, 2.75) is 5.03 Å². The van der Waals surface area contributed by atoms with Gasteiger partial charge in [0.05, 0.1) is 6.61 Å².